The number of carbonyl (C=O) groups excluding carboxylic acids is 3. The van der Waals surface area contributed by atoms with Crippen molar-refractivity contribution >= 4 is 17.9 Å². The highest BCUT2D eigenvalue weighted by Crippen LogP contribution is 2.19. The van der Waals surface area contributed by atoms with Crippen LogP contribution in [0.1, 0.15) is 406 Å². The van der Waals surface area contributed by atoms with Crippen LogP contribution < -0.4 is 0 Å². The number of hydrogen-bond donors (Lipinski definition) is 0. The van der Waals surface area contributed by atoms with Gasteiger partial charge >= 0.3 is 17.9 Å². The summed E-state index contributed by atoms with van der Waals surface area (Å²) >= 11 is 0. The Balaban J connectivity index is 4.12. The normalized spacial score (nSPS) is 12.3. The van der Waals surface area contributed by atoms with Crippen molar-refractivity contribution in [1.82, 2.24) is 0 Å². The molecule has 0 aliphatic carbocycles. The van der Waals surface area contributed by atoms with E-state index in [1.54, 1.807) is 0 Å². The summed E-state index contributed by atoms with van der Waals surface area (Å²) in [6.45, 7) is 6.67. The van der Waals surface area contributed by atoms with Gasteiger partial charge < -0.3 is 14.2 Å². The average molecular weight is 1160 g/mol. The molecule has 6 nitrogen and oxygen atoms in total. The molecule has 0 N–H and O–H groups in total. The largest absolute Gasteiger partial charge is 0.462 e. The number of hydrogen-bond acceptors (Lipinski definition) is 6. The van der Waals surface area contributed by atoms with Crippen molar-refractivity contribution < 1.29 is 28.6 Å². The van der Waals surface area contributed by atoms with E-state index in [1.807, 2.05) is 0 Å². The molecule has 0 radical (unpaired) electrons. The van der Waals surface area contributed by atoms with Crippen LogP contribution in [0.25, 0.3) is 0 Å². The number of unbranched alkanes of at least 4 members (excludes halogenated alkanes) is 50. The van der Waals surface area contributed by atoms with Crippen molar-refractivity contribution in [2.75, 3.05) is 13.2 Å². The predicted molar refractivity (Wildman–Crippen MR) is 362 cm³/mol. The van der Waals surface area contributed by atoms with Crippen molar-refractivity contribution in [3.05, 3.63) is 48.6 Å². The lowest BCUT2D eigenvalue weighted by Crippen LogP contribution is -2.30. The first kappa shape index (κ1) is 80.4. The summed E-state index contributed by atoms with van der Waals surface area (Å²) in [5, 5.41) is 0. The van der Waals surface area contributed by atoms with Gasteiger partial charge in [0.1, 0.15) is 13.2 Å². The Morgan fingerprint density at radius 1 is 0.241 bits per heavy atom. The fourth-order valence-corrected chi connectivity index (χ4v) is 11.2. The van der Waals surface area contributed by atoms with Crippen LogP contribution in [-0.2, 0) is 28.6 Å². The fraction of sp³-hybridized carbons (Fsp3) is 0.857. The lowest BCUT2D eigenvalue weighted by atomic mass is 10.0. The molecule has 0 heterocycles. The van der Waals surface area contributed by atoms with Gasteiger partial charge in [0.05, 0.1) is 0 Å². The van der Waals surface area contributed by atoms with Gasteiger partial charge in [0.15, 0.2) is 6.10 Å². The van der Waals surface area contributed by atoms with Gasteiger partial charge in [0.25, 0.3) is 0 Å². The first-order chi connectivity index (χ1) is 41.0. The van der Waals surface area contributed by atoms with Gasteiger partial charge in [0.2, 0.25) is 0 Å². The third-order valence-electron chi connectivity index (χ3n) is 16.8. The van der Waals surface area contributed by atoms with Gasteiger partial charge in [-0.25, -0.2) is 0 Å². The molecule has 0 saturated heterocycles. The van der Waals surface area contributed by atoms with E-state index in [-0.39, 0.29) is 31.1 Å². The molecular weight excluding hydrogens is 1020 g/mol. The zero-order chi connectivity index (χ0) is 59.9. The van der Waals surface area contributed by atoms with Gasteiger partial charge in [0, 0.05) is 19.3 Å². The maximum Gasteiger partial charge on any atom is 0.306 e. The average Bonchev–Trinajstić information content (AvgIpc) is 3.49. The third kappa shape index (κ3) is 70.0. The van der Waals surface area contributed by atoms with Gasteiger partial charge in [-0.2, -0.15) is 0 Å². The SMILES string of the molecule is CCCCC/C=C\CCCCCCCC(=O)OCC(COC(=O)CCCCCCCCCCCCCCCCCCCC/C=C\C/C=C\C/C=C\CCCCCCC)OC(=O)CCCCCCCCCCCCCCCCCCCCCC. The molecule has 0 aromatic carbocycles. The monoisotopic (exact) mass is 1160 g/mol. The summed E-state index contributed by atoms with van der Waals surface area (Å²) in [5.41, 5.74) is 0. The van der Waals surface area contributed by atoms with Crippen LogP contribution in [0, 0.1) is 0 Å². The second kappa shape index (κ2) is 71.8. The molecule has 1 unspecified atom stereocenters. The number of carbonyl (C=O) groups is 3. The third-order valence-corrected chi connectivity index (χ3v) is 16.8. The van der Waals surface area contributed by atoms with Crippen molar-refractivity contribution in [1.29, 1.82) is 0 Å². The predicted octanol–water partition coefficient (Wildman–Crippen LogP) is 25.7. The molecule has 0 aliphatic heterocycles. The Kier molecular flexibility index (Phi) is 69.6. The highest BCUT2D eigenvalue weighted by atomic mass is 16.6. The summed E-state index contributed by atoms with van der Waals surface area (Å²) in [7, 11) is 0. The van der Waals surface area contributed by atoms with Crippen molar-refractivity contribution in [3.8, 4) is 0 Å². The first-order valence-corrected chi connectivity index (χ1v) is 37.1. The van der Waals surface area contributed by atoms with E-state index in [0.717, 1.165) is 77.0 Å². The molecule has 6 heteroatoms. The number of rotatable bonds is 69. The Morgan fingerprint density at radius 3 is 0.711 bits per heavy atom. The van der Waals surface area contributed by atoms with E-state index in [9.17, 15) is 14.4 Å². The lowest BCUT2D eigenvalue weighted by Gasteiger charge is -2.18. The molecule has 0 aromatic rings. The van der Waals surface area contributed by atoms with E-state index in [1.165, 1.54) is 289 Å². The van der Waals surface area contributed by atoms with E-state index >= 15 is 0 Å². The van der Waals surface area contributed by atoms with Crippen molar-refractivity contribution in [2.45, 2.75) is 412 Å². The van der Waals surface area contributed by atoms with Crippen LogP contribution in [0.4, 0.5) is 0 Å². The summed E-state index contributed by atoms with van der Waals surface area (Å²) < 4.78 is 17.0. The van der Waals surface area contributed by atoms with Crippen LogP contribution in [-0.4, -0.2) is 37.2 Å². The quantitative estimate of drug-likeness (QED) is 0.0261. The molecule has 0 aromatic heterocycles. The molecule has 0 spiro atoms. The molecule has 486 valence electrons. The zero-order valence-electron chi connectivity index (χ0n) is 56.0. The van der Waals surface area contributed by atoms with Crippen LogP contribution in [0.2, 0.25) is 0 Å². The summed E-state index contributed by atoms with van der Waals surface area (Å²) in [4.78, 5) is 38.4. The smallest absolute Gasteiger partial charge is 0.306 e. The van der Waals surface area contributed by atoms with Crippen LogP contribution in [0.5, 0.6) is 0 Å². The van der Waals surface area contributed by atoms with E-state index < -0.39 is 6.10 Å². The van der Waals surface area contributed by atoms with E-state index in [2.05, 4.69) is 69.4 Å². The standard InChI is InChI=1S/C77H142O6/c1-4-7-10-13-16-19-22-25-27-29-31-33-34-35-36-37-38-39-40-41-42-43-44-45-47-48-50-52-55-58-61-64-67-70-76(79)82-73-74(72-81-75(78)69-66-63-60-57-54-24-21-18-15-12-9-6-3)83-77(80)71-68-65-62-59-56-53-51-49-46-32-30-28-26-23-20-17-14-11-8-5-2/h18,21-22,25,29,31,34-35,74H,4-17,19-20,23-24,26-28,30,32-33,36-73H2,1-3H3/b21-18-,25-22-,31-29-,35-34-. The molecular formula is C77H142O6. The first-order valence-electron chi connectivity index (χ1n) is 37.1. The van der Waals surface area contributed by atoms with E-state index in [4.69, 9.17) is 14.2 Å². The van der Waals surface area contributed by atoms with Crippen molar-refractivity contribution in [2.24, 2.45) is 0 Å². The van der Waals surface area contributed by atoms with Gasteiger partial charge in [-0.1, -0.05) is 352 Å². The number of allylic oxidation sites excluding steroid dienone is 8. The lowest BCUT2D eigenvalue weighted by molar-refractivity contribution is -0.167. The van der Waals surface area contributed by atoms with E-state index in [0.29, 0.717) is 19.3 Å². The molecule has 0 amide bonds. The number of esters is 3. The van der Waals surface area contributed by atoms with Gasteiger partial charge in [-0.3, -0.25) is 14.4 Å². The number of ether oxygens (including phenoxy) is 3. The maximum atomic E-state index is 12.9. The van der Waals surface area contributed by atoms with Crippen LogP contribution in [0.15, 0.2) is 48.6 Å². The molecule has 0 fully saturated rings. The molecule has 83 heavy (non-hydrogen) atoms. The minimum Gasteiger partial charge on any atom is -0.462 e. The minimum atomic E-state index is -0.774. The Morgan fingerprint density at radius 2 is 0.434 bits per heavy atom. The Hall–Kier alpha value is -2.63. The second-order valence-electron chi connectivity index (χ2n) is 25.2. The molecule has 0 bridgehead atoms. The topological polar surface area (TPSA) is 78.9 Å². The molecule has 0 aliphatic rings. The van der Waals surface area contributed by atoms with Crippen LogP contribution >= 0.6 is 0 Å². The van der Waals surface area contributed by atoms with Crippen LogP contribution in [0.3, 0.4) is 0 Å². The van der Waals surface area contributed by atoms with Gasteiger partial charge in [-0.15, -0.1) is 0 Å². The van der Waals surface area contributed by atoms with Crippen molar-refractivity contribution in [3.63, 3.8) is 0 Å². The molecule has 1 atom stereocenters. The maximum absolute atomic E-state index is 12.9. The summed E-state index contributed by atoms with van der Waals surface area (Å²) in [5.74, 6) is -0.850. The van der Waals surface area contributed by atoms with Gasteiger partial charge in [-0.05, 0) is 83.5 Å². The highest BCUT2D eigenvalue weighted by Gasteiger charge is 2.19. The molecule has 0 saturated carbocycles. The summed E-state index contributed by atoms with van der Waals surface area (Å²) in [6.07, 6.45) is 91.6. The molecule has 0 rings (SSSR count). The summed E-state index contributed by atoms with van der Waals surface area (Å²) in [6, 6.07) is 0. The fourth-order valence-electron chi connectivity index (χ4n) is 11.2. The second-order valence-corrected chi connectivity index (χ2v) is 25.2. The minimum absolute atomic E-state index is 0.0697. The zero-order valence-corrected chi connectivity index (χ0v) is 56.0. The Bertz CT molecular complexity index is 1430. The Labute approximate surface area is 518 Å². The highest BCUT2D eigenvalue weighted by molar-refractivity contribution is 5.71.